The number of Topliss-reactive ketones (excluding diaryl/α,β-unsaturated/α-hetero) is 1. The molecule has 1 aliphatic carbocycles. The van der Waals surface area contributed by atoms with Crippen molar-refractivity contribution < 1.29 is 13.6 Å². The normalized spacial score (nSPS) is 17.4. The molecule has 0 saturated carbocycles. The van der Waals surface area contributed by atoms with Crippen LogP contribution in [0, 0.1) is 5.92 Å². The van der Waals surface area contributed by atoms with Gasteiger partial charge in [-0.3, -0.25) is 4.79 Å². The Kier molecular flexibility index (Phi) is 6.25. The predicted octanol–water partition coefficient (Wildman–Crippen LogP) is 5.76. The summed E-state index contributed by atoms with van der Waals surface area (Å²) in [5, 5.41) is 0. The van der Waals surface area contributed by atoms with Crippen molar-refractivity contribution in [3.63, 3.8) is 0 Å². The quantitative estimate of drug-likeness (QED) is 0.609. The van der Waals surface area contributed by atoms with Crippen LogP contribution < -0.4 is 0 Å². The van der Waals surface area contributed by atoms with Crippen LogP contribution in [-0.2, 0) is 4.79 Å². The van der Waals surface area contributed by atoms with Gasteiger partial charge < -0.3 is 0 Å². The van der Waals surface area contributed by atoms with Gasteiger partial charge >= 0.3 is 0 Å². The minimum atomic E-state index is -1.62. The van der Waals surface area contributed by atoms with E-state index in [0.29, 0.717) is 25.2 Å². The summed E-state index contributed by atoms with van der Waals surface area (Å²) < 4.78 is 24.0. The minimum absolute atomic E-state index is 0.110. The number of hydrogen-bond donors (Lipinski definition) is 0. The summed E-state index contributed by atoms with van der Waals surface area (Å²) in [5.41, 5.74) is 4.50. The molecule has 1 atom stereocenters. The van der Waals surface area contributed by atoms with Gasteiger partial charge in [0.2, 0.25) is 0 Å². The molecular weight excluding hydrogens is 270 g/mol. The fourth-order valence-corrected chi connectivity index (χ4v) is 2.57. The van der Waals surface area contributed by atoms with Gasteiger partial charge in [0.05, 0.1) is 0 Å². The highest BCUT2D eigenvalue weighted by atomic mass is 19.3. The average Bonchev–Trinajstić information content (AvgIpc) is 2.42. The number of hydrogen-bond acceptors (Lipinski definition) is 1. The summed E-state index contributed by atoms with van der Waals surface area (Å²) in [7, 11) is 0. The van der Waals surface area contributed by atoms with Crippen molar-refractivity contribution in [3.05, 3.63) is 46.6 Å². The molecule has 0 amide bonds. The Morgan fingerprint density at radius 1 is 1.14 bits per heavy atom. The van der Waals surface area contributed by atoms with Gasteiger partial charge in [-0.05, 0) is 75.2 Å². The fourth-order valence-electron chi connectivity index (χ4n) is 2.57. The zero-order valence-corrected chi connectivity index (χ0v) is 13.4. The molecule has 1 aliphatic rings. The van der Waals surface area contributed by atoms with Crippen LogP contribution in [0.2, 0.25) is 0 Å². The zero-order valence-electron chi connectivity index (χ0n) is 13.4. The van der Waals surface area contributed by atoms with Crippen LogP contribution in [0.25, 0.3) is 0 Å². The maximum absolute atomic E-state index is 12.3. The highest BCUT2D eigenvalue weighted by molar-refractivity contribution is 6.11. The van der Waals surface area contributed by atoms with Crippen molar-refractivity contribution in [1.82, 2.24) is 0 Å². The SMILES string of the molecule is C=C1C(C)=C(C)C(=O)C(CCC(C)CCC=C(F)F)=C1C. The first-order valence-corrected chi connectivity index (χ1v) is 7.38. The van der Waals surface area contributed by atoms with Gasteiger partial charge in [0, 0.05) is 11.1 Å². The van der Waals surface area contributed by atoms with Gasteiger partial charge in [-0.1, -0.05) is 13.5 Å². The lowest BCUT2D eigenvalue weighted by Crippen LogP contribution is -2.15. The fraction of sp³-hybridized carbons (Fsp3) is 0.500. The lowest BCUT2D eigenvalue weighted by Gasteiger charge is -2.22. The van der Waals surface area contributed by atoms with E-state index in [1.165, 1.54) is 0 Å². The van der Waals surface area contributed by atoms with Gasteiger partial charge in [0.15, 0.2) is 5.78 Å². The topological polar surface area (TPSA) is 17.1 Å². The molecule has 0 aliphatic heterocycles. The first-order chi connectivity index (χ1) is 9.75. The molecule has 0 aromatic carbocycles. The van der Waals surface area contributed by atoms with E-state index >= 15 is 0 Å². The highest BCUT2D eigenvalue weighted by Crippen LogP contribution is 2.33. The van der Waals surface area contributed by atoms with Crippen molar-refractivity contribution in [3.8, 4) is 0 Å². The lowest BCUT2D eigenvalue weighted by molar-refractivity contribution is -0.112. The molecule has 1 unspecified atom stereocenters. The Hall–Kier alpha value is -1.51. The smallest absolute Gasteiger partial charge is 0.266 e. The number of ketones is 1. The maximum atomic E-state index is 12.3. The first kappa shape index (κ1) is 17.5. The van der Waals surface area contributed by atoms with E-state index in [9.17, 15) is 13.6 Å². The molecule has 0 aromatic rings. The Balaban J connectivity index is 2.65. The molecule has 0 radical (unpaired) electrons. The van der Waals surface area contributed by atoms with E-state index in [0.717, 1.165) is 40.4 Å². The van der Waals surface area contributed by atoms with Crippen LogP contribution in [0.1, 0.15) is 53.4 Å². The van der Waals surface area contributed by atoms with Crippen molar-refractivity contribution in [2.75, 3.05) is 0 Å². The Bertz CT molecular complexity index is 531. The Labute approximate surface area is 126 Å². The van der Waals surface area contributed by atoms with Gasteiger partial charge in [-0.2, -0.15) is 8.78 Å². The van der Waals surface area contributed by atoms with Gasteiger partial charge in [-0.15, -0.1) is 0 Å². The molecule has 1 rings (SSSR count). The third-order valence-electron chi connectivity index (χ3n) is 4.38. The van der Waals surface area contributed by atoms with Crippen LogP contribution in [0.3, 0.4) is 0 Å². The summed E-state index contributed by atoms with van der Waals surface area (Å²) in [6.07, 6.45) is 1.98. The van der Waals surface area contributed by atoms with Crippen molar-refractivity contribution in [2.45, 2.75) is 53.4 Å². The highest BCUT2D eigenvalue weighted by Gasteiger charge is 2.24. The van der Waals surface area contributed by atoms with Crippen molar-refractivity contribution >= 4 is 5.78 Å². The van der Waals surface area contributed by atoms with Crippen LogP contribution in [0.15, 0.2) is 46.6 Å². The number of carbonyl (C=O) groups is 1. The van der Waals surface area contributed by atoms with E-state index in [4.69, 9.17) is 0 Å². The second kappa shape index (κ2) is 7.48. The Morgan fingerprint density at radius 3 is 2.33 bits per heavy atom. The standard InChI is InChI=1S/C18H24F2O/c1-11(7-6-8-17(19)20)9-10-16-14(4)12(2)13(3)15(5)18(16)21/h8,11H,2,6-7,9-10H2,1,3-5H3. The third-order valence-corrected chi connectivity index (χ3v) is 4.38. The number of halogens is 2. The molecule has 3 heteroatoms. The van der Waals surface area contributed by atoms with Crippen LogP contribution in [0.5, 0.6) is 0 Å². The maximum Gasteiger partial charge on any atom is 0.266 e. The number of rotatable bonds is 6. The zero-order chi connectivity index (χ0) is 16.2. The summed E-state index contributed by atoms with van der Waals surface area (Å²) in [5.74, 6) is 0.425. The van der Waals surface area contributed by atoms with E-state index in [1.54, 1.807) is 0 Å². The first-order valence-electron chi connectivity index (χ1n) is 7.38. The molecule has 0 saturated heterocycles. The van der Waals surface area contributed by atoms with E-state index < -0.39 is 6.08 Å². The molecule has 1 nitrogen and oxygen atoms in total. The number of allylic oxidation sites excluding steroid dienone is 6. The largest absolute Gasteiger partial charge is 0.289 e. The molecule has 0 aromatic heterocycles. The molecule has 21 heavy (non-hydrogen) atoms. The second-order valence-electron chi connectivity index (χ2n) is 5.88. The molecule has 0 spiro atoms. The lowest BCUT2D eigenvalue weighted by atomic mass is 9.81. The summed E-state index contributed by atoms with van der Waals surface area (Å²) in [6, 6.07) is 0. The van der Waals surface area contributed by atoms with Crippen LogP contribution >= 0.6 is 0 Å². The second-order valence-corrected chi connectivity index (χ2v) is 5.88. The Morgan fingerprint density at radius 2 is 1.76 bits per heavy atom. The average molecular weight is 294 g/mol. The monoisotopic (exact) mass is 294 g/mol. The van der Waals surface area contributed by atoms with E-state index in [1.807, 2.05) is 27.7 Å². The van der Waals surface area contributed by atoms with Gasteiger partial charge in [-0.25, -0.2) is 0 Å². The van der Waals surface area contributed by atoms with Crippen molar-refractivity contribution in [1.29, 1.82) is 0 Å². The molecule has 0 fully saturated rings. The van der Waals surface area contributed by atoms with Gasteiger partial charge in [0.1, 0.15) is 0 Å². The summed E-state index contributed by atoms with van der Waals surface area (Å²) in [6.45, 7) is 11.8. The summed E-state index contributed by atoms with van der Waals surface area (Å²) >= 11 is 0. The van der Waals surface area contributed by atoms with E-state index in [-0.39, 0.29) is 5.78 Å². The van der Waals surface area contributed by atoms with E-state index in [2.05, 4.69) is 6.58 Å². The molecule has 0 N–H and O–H groups in total. The minimum Gasteiger partial charge on any atom is -0.289 e. The van der Waals surface area contributed by atoms with Crippen LogP contribution in [0.4, 0.5) is 8.78 Å². The van der Waals surface area contributed by atoms with Crippen LogP contribution in [-0.4, -0.2) is 5.78 Å². The van der Waals surface area contributed by atoms with Crippen molar-refractivity contribution in [2.24, 2.45) is 5.92 Å². The number of carbonyl (C=O) groups excluding carboxylic acids is 1. The molecule has 116 valence electrons. The van der Waals surface area contributed by atoms with Gasteiger partial charge in [0.25, 0.3) is 6.08 Å². The predicted molar refractivity (Wildman–Crippen MR) is 83.2 cm³/mol. The third kappa shape index (κ3) is 4.48. The molecule has 0 heterocycles. The molecule has 0 bridgehead atoms. The molecular formula is C18H24F2O. The summed E-state index contributed by atoms with van der Waals surface area (Å²) in [4.78, 5) is 12.3.